The molecule has 0 saturated carbocycles. The molecule has 112 valence electrons. The predicted molar refractivity (Wildman–Crippen MR) is 69.7 cm³/mol. The van der Waals surface area contributed by atoms with Crippen LogP contribution in [0.4, 0.5) is 18.9 Å². The topological polar surface area (TPSA) is 55.6 Å². The molecule has 0 aliphatic heterocycles. The number of ether oxygens (including phenoxy) is 1. The lowest BCUT2D eigenvalue weighted by Crippen LogP contribution is -2.35. The minimum absolute atomic E-state index is 0.151. The molecule has 0 aliphatic rings. The third-order valence-electron chi connectivity index (χ3n) is 2.62. The van der Waals surface area contributed by atoms with Gasteiger partial charge in [-0.25, -0.2) is 0 Å². The fourth-order valence-electron chi connectivity index (χ4n) is 1.68. The fourth-order valence-corrected chi connectivity index (χ4v) is 1.68. The highest BCUT2D eigenvalue weighted by Gasteiger charge is 2.33. The Morgan fingerprint density at radius 1 is 1.30 bits per heavy atom. The number of hydrogen-bond donors (Lipinski definition) is 1. The first-order valence-electron chi connectivity index (χ1n) is 6.08. The van der Waals surface area contributed by atoms with Crippen molar-refractivity contribution in [1.82, 2.24) is 0 Å². The molecule has 0 spiro atoms. The standard InChI is InChI=1S/C13H17F3N2O2/c1-20-11-5-3-10(4-6-11)18(8-2-7-17)12(19)9-13(14,15)16/h3-6H,2,7-9,17H2,1H3. The van der Waals surface area contributed by atoms with Gasteiger partial charge in [0, 0.05) is 12.2 Å². The number of rotatable bonds is 6. The van der Waals surface area contributed by atoms with Crippen molar-refractivity contribution < 1.29 is 22.7 Å². The number of nitrogens with zero attached hydrogens (tertiary/aromatic N) is 1. The molecule has 0 aliphatic carbocycles. The van der Waals surface area contributed by atoms with Crippen molar-refractivity contribution >= 4 is 11.6 Å². The Kier molecular flexibility index (Phi) is 5.82. The average molecular weight is 290 g/mol. The molecule has 0 aromatic heterocycles. The summed E-state index contributed by atoms with van der Waals surface area (Å²) < 4.78 is 42.0. The summed E-state index contributed by atoms with van der Waals surface area (Å²) in [6.45, 7) is 0.448. The highest BCUT2D eigenvalue weighted by molar-refractivity contribution is 5.93. The number of anilines is 1. The van der Waals surface area contributed by atoms with Gasteiger partial charge in [-0.2, -0.15) is 13.2 Å². The van der Waals surface area contributed by atoms with Crippen LogP contribution in [0, 0.1) is 0 Å². The van der Waals surface area contributed by atoms with Crippen LogP contribution in [-0.2, 0) is 4.79 Å². The zero-order chi connectivity index (χ0) is 15.2. The Bertz CT molecular complexity index is 432. The summed E-state index contributed by atoms with van der Waals surface area (Å²) in [6.07, 6.45) is -5.58. The maximum absolute atomic E-state index is 12.3. The van der Waals surface area contributed by atoms with E-state index in [0.717, 1.165) is 4.90 Å². The van der Waals surface area contributed by atoms with Crippen LogP contribution >= 0.6 is 0 Å². The second-order valence-electron chi connectivity index (χ2n) is 4.18. The molecule has 7 heteroatoms. The van der Waals surface area contributed by atoms with Crippen molar-refractivity contribution in [3.05, 3.63) is 24.3 Å². The van der Waals surface area contributed by atoms with E-state index in [4.69, 9.17) is 10.5 Å². The SMILES string of the molecule is COc1ccc(N(CCCN)C(=O)CC(F)(F)F)cc1. The normalized spacial score (nSPS) is 11.2. The molecule has 0 fully saturated rings. The number of carbonyl (C=O) groups excluding carboxylic acids is 1. The number of alkyl halides is 3. The summed E-state index contributed by atoms with van der Waals surface area (Å²) in [6, 6.07) is 6.27. The first-order valence-corrected chi connectivity index (χ1v) is 6.08. The lowest BCUT2D eigenvalue weighted by molar-refractivity contribution is -0.151. The predicted octanol–water partition coefficient (Wildman–Crippen LogP) is 2.33. The van der Waals surface area contributed by atoms with Crippen LogP contribution in [0.3, 0.4) is 0 Å². The van der Waals surface area contributed by atoms with E-state index in [1.807, 2.05) is 0 Å². The highest BCUT2D eigenvalue weighted by atomic mass is 19.4. The molecule has 0 unspecified atom stereocenters. The van der Waals surface area contributed by atoms with Gasteiger partial charge in [0.25, 0.3) is 0 Å². The molecule has 1 aromatic rings. The molecule has 1 aromatic carbocycles. The van der Waals surface area contributed by atoms with Crippen molar-refractivity contribution in [3.8, 4) is 5.75 Å². The third kappa shape index (κ3) is 5.08. The number of methoxy groups -OCH3 is 1. The summed E-state index contributed by atoms with van der Waals surface area (Å²) in [5.74, 6) is -0.424. The average Bonchev–Trinajstić information content (AvgIpc) is 2.38. The van der Waals surface area contributed by atoms with Crippen molar-refractivity contribution in [1.29, 1.82) is 0 Å². The van der Waals surface area contributed by atoms with Gasteiger partial charge in [-0.1, -0.05) is 0 Å². The molecule has 4 nitrogen and oxygen atoms in total. The number of carbonyl (C=O) groups is 1. The van der Waals surface area contributed by atoms with Crippen LogP contribution in [-0.4, -0.2) is 32.3 Å². The highest BCUT2D eigenvalue weighted by Crippen LogP contribution is 2.25. The van der Waals surface area contributed by atoms with Crippen LogP contribution < -0.4 is 15.4 Å². The van der Waals surface area contributed by atoms with Crippen LogP contribution in [0.15, 0.2) is 24.3 Å². The zero-order valence-electron chi connectivity index (χ0n) is 11.1. The molecule has 0 atom stereocenters. The molecule has 0 radical (unpaired) electrons. The fraction of sp³-hybridized carbons (Fsp3) is 0.462. The van der Waals surface area contributed by atoms with Crippen LogP contribution in [0.25, 0.3) is 0 Å². The van der Waals surface area contributed by atoms with Gasteiger partial charge in [0.15, 0.2) is 0 Å². The molecular weight excluding hydrogens is 273 g/mol. The van der Waals surface area contributed by atoms with Crippen molar-refractivity contribution in [2.75, 3.05) is 25.1 Å². The summed E-state index contributed by atoms with van der Waals surface area (Å²) in [5, 5.41) is 0. The number of nitrogens with two attached hydrogens (primary N) is 1. The van der Waals surface area contributed by atoms with Crippen LogP contribution in [0.2, 0.25) is 0 Å². The second-order valence-corrected chi connectivity index (χ2v) is 4.18. The van der Waals surface area contributed by atoms with Crippen LogP contribution in [0.5, 0.6) is 5.75 Å². The second kappa shape index (κ2) is 7.14. The quantitative estimate of drug-likeness (QED) is 0.875. The smallest absolute Gasteiger partial charge is 0.397 e. The Morgan fingerprint density at radius 2 is 1.90 bits per heavy atom. The number of hydrogen-bond acceptors (Lipinski definition) is 3. The lowest BCUT2D eigenvalue weighted by atomic mass is 10.2. The Hall–Kier alpha value is -1.76. The summed E-state index contributed by atoms with van der Waals surface area (Å²) in [4.78, 5) is 12.9. The maximum Gasteiger partial charge on any atom is 0.397 e. The number of benzene rings is 1. The molecule has 0 heterocycles. The van der Waals surface area contributed by atoms with Gasteiger partial charge in [0.05, 0.1) is 7.11 Å². The first-order chi connectivity index (χ1) is 9.37. The van der Waals surface area contributed by atoms with E-state index < -0.39 is 18.5 Å². The molecule has 20 heavy (non-hydrogen) atoms. The first kappa shape index (κ1) is 16.3. The Labute approximate surface area is 115 Å². The van der Waals surface area contributed by atoms with Gasteiger partial charge in [0.2, 0.25) is 5.91 Å². The van der Waals surface area contributed by atoms with Gasteiger partial charge in [0.1, 0.15) is 12.2 Å². The molecule has 1 rings (SSSR count). The number of amides is 1. The van der Waals surface area contributed by atoms with E-state index in [1.165, 1.54) is 7.11 Å². The minimum atomic E-state index is -4.52. The van der Waals surface area contributed by atoms with E-state index in [0.29, 0.717) is 24.4 Å². The van der Waals surface area contributed by atoms with Crippen LogP contribution in [0.1, 0.15) is 12.8 Å². The van der Waals surface area contributed by atoms with Gasteiger partial charge in [-0.05, 0) is 37.2 Å². The third-order valence-corrected chi connectivity index (χ3v) is 2.62. The van der Waals surface area contributed by atoms with Gasteiger partial charge in [-0.3, -0.25) is 4.79 Å². The van der Waals surface area contributed by atoms with Gasteiger partial charge in [-0.15, -0.1) is 0 Å². The van der Waals surface area contributed by atoms with Gasteiger partial charge < -0.3 is 15.4 Å². The molecule has 2 N–H and O–H groups in total. The maximum atomic E-state index is 12.3. The largest absolute Gasteiger partial charge is 0.497 e. The Morgan fingerprint density at radius 3 is 2.35 bits per heavy atom. The van der Waals surface area contributed by atoms with E-state index in [-0.39, 0.29) is 6.54 Å². The van der Waals surface area contributed by atoms with Crippen molar-refractivity contribution in [2.45, 2.75) is 19.0 Å². The van der Waals surface area contributed by atoms with E-state index >= 15 is 0 Å². The molecule has 1 amide bonds. The summed E-state index contributed by atoms with van der Waals surface area (Å²) in [5.41, 5.74) is 5.74. The molecule has 0 saturated heterocycles. The Balaban J connectivity index is 2.89. The summed E-state index contributed by atoms with van der Waals surface area (Å²) in [7, 11) is 1.48. The lowest BCUT2D eigenvalue weighted by Gasteiger charge is -2.23. The minimum Gasteiger partial charge on any atom is -0.497 e. The zero-order valence-corrected chi connectivity index (χ0v) is 11.1. The monoisotopic (exact) mass is 290 g/mol. The molecule has 0 bridgehead atoms. The van der Waals surface area contributed by atoms with E-state index in [1.54, 1.807) is 24.3 Å². The van der Waals surface area contributed by atoms with E-state index in [9.17, 15) is 18.0 Å². The summed E-state index contributed by atoms with van der Waals surface area (Å²) >= 11 is 0. The number of halogens is 3. The molecular formula is C13H17F3N2O2. The van der Waals surface area contributed by atoms with Crippen molar-refractivity contribution in [2.24, 2.45) is 5.73 Å². The van der Waals surface area contributed by atoms with Gasteiger partial charge >= 0.3 is 6.18 Å². The van der Waals surface area contributed by atoms with E-state index in [2.05, 4.69) is 0 Å². The van der Waals surface area contributed by atoms with Crippen molar-refractivity contribution in [3.63, 3.8) is 0 Å².